The number of nitrogens with zero attached hydrogens (tertiary/aromatic N) is 3. The van der Waals surface area contributed by atoms with Gasteiger partial charge in [-0.05, 0) is 43.0 Å². The van der Waals surface area contributed by atoms with Crippen LogP contribution in [0.4, 0.5) is 0 Å². The minimum Gasteiger partial charge on any atom is -0.271 e. The third-order valence-corrected chi connectivity index (χ3v) is 3.89. The van der Waals surface area contributed by atoms with Crippen molar-refractivity contribution in [2.45, 2.75) is 52.6 Å². The zero-order valence-electron chi connectivity index (χ0n) is 13.1. The van der Waals surface area contributed by atoms with Crippen LogP contribution < -0.4 is 11.3 Å². The van der Waals surface area contributed by atoms with Crippen LogP contribution in [0.1, 0.15) is 49.3 Å². The van der Waals surface area contributed by atoms with Crippen LogP contribution in [0, 0.1) is 0 Å². The standard InChI is InChI=1S/C16H25N5/c1-4-12-11-18-8-7-15(12)16(19-17)10-14-9-13(5-2)20-21(14)6-3/h7-9,11,16,19H,4-6,10,17H2,1-3H3. The Hall–Kier alpha value is -1.72. The normalized spacial score (nSPS) is 12.6. The van der Waals surface area contributed by atoms with E-state index in [-0.39, 0.29) is 6.04 Å². The predicted octanol–water partition coefficient (Wildman–Crippen LogP) is 2.17. The molecule has 0 aromatic carbocycles. The minimum absolute atomic E-state index is 0.0784. The summed E-state index contributed by atoms with van der Waals surface area (Å²) in [5, 5.41) is 4.61. The van der Waals surface area contributed by atoms with Crippen molar-refractivity contribution < 1.29 is 0 Å². The maximum atomic E-state index is 5.81. The molecule has 0 bridgehead atoms. The number of nitrogens with two attached hydrogens (primary N) is 1. The second-order valence-electron chi connectivity index (χ2n) is 5.15. The smallest absolute Gasteiger partial charge is 0.0624 e. The highest BCUT2D eigenvalue weighted by Gasteiger charge is 2.17. The van der Waals surface area contributed by atoms with Crippen molar-refractivity contribution in [2.24, 2.45) is 5.84 Å². The summed E-state index contributed by atoms with van der Waals surface area (Å²) < 4.78 is 2.07. The van der Waals surface area contributed by atoms with Crippen LogP contribution in [0.2, 0.25) is 0 Å². The summed E-state index contributed by atoms with van der Waals surface area (Å²) in [4.78, 5) is 4.20. The first-order chi connectivity index (χ1) is 10.2. The maximum absolute atomic E-state index is 5.81. The predicted molar refractivity (Wildman–Crippen MR) is 84.7 cm³/mol. The van der Waals surface area contributed by atoms with Gasteiger partial charge in [-0.25, -0.2) is 0 Å². The maximum Gasteiger partial charge on any atom is 0.0624 e. The Morgan fingerprint density at radius 1 is 1.29 bits per heavy atom. The van der Waals surface area contributed by atoms with E-state index >= 15 is 0 Å². The first kappa shape index (κ1) is 15.7. The lowest BCUT2D eigenvalue weighted by Crippen LogP contribution is -2.31. The zero-order chi connectivity index (χ0) is 15.2. The van der Waals surface area contributed by atoms with E-state index in [4.69, 9.17) is 5.84 Å². The molecule has 0 aliphatic heterocycles. The van der Waals surface area contributed by atoms with Crippen LogP contribution in [0.5, 0.6) is 0 Å². The molecule has 0 amide bonds. The summed E-state index contributed by atoms with van der Waals surface area (Å²) >= 11 is 0. The summed E-state index contributed by atoms with van der Waals surface area (Å²) in [5.74, 6) is 5.81. The Kier molecular flexibility index (Phi) is 5.47. The van der Waals surface area contributed by atoms with Crippen molar-refractivity contribution >= 4 is 0 Å². The van der Waals surface area contributed by atoms with Gasteiger partial charge in [0.1, 0.15) is 0 Å². The molecular weight excluding hydrogens is 262 g/mol. The molecule has 3 N–H and O–H groups in total. The largest absolute Gasteiger partial charge is 0.271 e. The molecule has 2 heterocycles. The van der Waals surface area contributed by atoms with Crippen LogP contribution in [0.3, 0.4) is 0 Å². The van der Waals surface area contributed by atoms with E-state index in [2.05, 4.69) is 53.1 Å². The highest BCUT2D eigenvalue weighted by Crippen LogP contribution is 2.22. The molecule has 0 fully saturated rings. The van der Waals surface area contributed by atoms with E-state index in [0.29, 0.717) is 0 Å². The summed E-state index contributed by atoms with van der Waals surface area (Å²) in [6.07, 6.45) is 6.49. The van der Waals surface area contributed by atoms with Gasteiger partial charge >= 0.3 is 0 Å². The fourth-order valence-corrected chi connectivity index (χ4v) is 2.67. The van der Waals surface area contributed by atoms with E-state index in [1.165, 1.54) is 16.8 Å². The average Bonchev–Trinajstić information content (AvgIpc) is 2.94. The molecule has 2 aromatic heterocycles. The van der Waals surface area contributed by atoms with Gasteiger partial charge in [0, 0.05) is 31.1 Å². The number of nitrogens with one attached hydrogen (secondary N) is 1. The molecule has 0 aliphatic carbocycles. The minimum atomic E-state index is 0.0784. The highest BCUT2D eigenvalue weighted by molar-refractivity contribution is 5.28. The topological polar surface area (TPSA) is 68.8 Å². The van der Waals surface area contributed by atoms with Gasteiger partial charge in [0.05, 0.1) is 11.7 Å². The molecule has 0 saturated heterocycles. The Bertz CT molecular complexity index is 576. The summed E-state index contributed by atoms with van der Waals surface area (Å²) in [5.41, 5.74) is 7.76. The van der Waals surface area contributed by atoms with E-state index in [1.54, 1.807) is 0 Å². The molecule has 5 nitrogen and oxygen atoms in total. The molecule has 5 heteroatoms. The molecule has 0 radical (unpaired) electrons. The van der Waals surface area contributed by atoms with Crippen molar-refractivity contribution in [3.63, 3.8) is 0 Å². The molecule has 2 aromatic rings. The van der Waals surface area contributed by atoms with Crippen LogP contribution in [-0.4, -0.2) is 14.8 Å². The molecule has 21 heavy (non-hydrogen) atoms. The lowest BCUT2D eigenvalue weighted by molar-refractivity contribution is 0.513. The summed E-state index contributed by atoms with van der Waals surface area (Å²) in [6.45, 7) is 7.26. The van der Waals surface area contributed by atoms with Gasteiger partial charge in [-0.2, -0.15) is 5.10 Å². The second-order valence-corrected chi connectivity index (χ2v) is 5.15. The van der Waals surface area contributed by atoms with E-state index in [1.807, 2.05) is 12.4 Å². The number of hydrogen-bond acceptors (Lipinski definition) is 4. The van der Waals surface area contributed by atoms with Gasteiger partial charge in [0.15, 0.2) is 0 Å². The lowest BCUT2D eigenvalue weighted by atomic mass is 9.97. The number of hydrogen-bond donors (Lipinski definition) is 2. The van der Waals surface area contributed by atoms with Gasteiger partial charge in [-0.3, -0.25) is 20.9 Å². The lowest BCUT2D eigenvalue weighted by Gasteiger charge is -2.19. The Labute approximate surface area is 126 Å². The number of aryl methyl sites for hydroxylation is 3. The Morgan fingerprint density at radius 2 is 2.10 bits per heavy atom. The van der Waals surface area contributed by atoms with Crippen molar-refractivity contribution in [1.82, 2.24) is 20.2 Å². The van der Waals surface area contributed by atoms with Gasteiger partial charge < -0.3 is 0 Å². The first-order valence-corrected chi connectivity index (χ1v) is 7.67. The van der Waals surface area contributed by atoms with Crippen LogP contribution >= 0.6 is 0 Å². The molecule has 0 saturated carbocycles. The molecule has 0 spiro atoms. The van der Waals surface area contributed by atoms with Crippen LogP contribution in [-0.2, 0) is 25.8 Å². The number of pyridine rings is 1. The van der Waals surface area contributed by atoms with Gasteiger partial charge in [-0.15, -0.1) is 0 Å². The fourth-order valence-electron chi connectivity index (χ4n) is 2.67. The van der Waals surface area contributed by atoms with Crippen LogP contribution in [0.25, 0.3) is 0 Å². The molecule has 1 unspecified atom stereocenters. The summed E-state index contributed by atoms with van der Waals surface area (Å²) in [7, 11) is 0. The van der Waals surface area contributed by atoms with E-state index < -0.39 is 0 Å². The SMILES string of the molecule is CCc1cc(CC(NN)c2ccncc2CC)n(CC)n1. The summed E-state index contributed by atoms with van der Waals surface area (Å²) in [6, 6.07) is 4.31. The monoisotopic (exact) mass is 287 g/mol. The fraction of sp³-hybridized carbons (Fsp3) is 0.500. The first-order valence-electron chi connectivity index (χ1n) is 7.67. The Balaban J connectivity index is 2.28. The van der Waals surface area contributed by atoms with Gasteiger partial charge in [-0.1, -0.05) is 13.8 Å². The molecule has 1 atom stereocenters. The van der Waals surface area contributed by atoms with Gasteiger partial charge in [0.2, 0.25) is 0 Å². The van der Waals surface area contributed by atoms with E-state index in [0.717, 1.165) is 31.5 Å². The number of aromatic nitrogens is 3. The quantitative estimate of drug-likeness (QED) is 0.605. The molecular formula is C16H25N5. The molecule has 2 rings (SSSR count). The Morgan fingerprint density at radius 3 is 2.71 bits per heavy atom. The van der Waals surface area contributed by atoms with Crippen LogP contribution in [0.15, 0.2) is 24.5 Å². The highest BCUT2D eigenvalue weighted by atomic mass is 15.3. The van der Waals surface area contributed by atoms with E-state index in [9.17, 15) is 0 Å². The van der Waals surface area contributed by atoms with Crippen molar-refractivity contribution in [1.29, 1.82) is 0 Å². The third kappa shape index (κ3) is 3.49. The molecule has 0 aliphatic rings. The zero-order valence-corrected chi connectivity index (χ0v) is 13.1. The van der Waals surface area contributed by atoms with Crippen molar-refractivity contribution in [3.8, 4) is 0 Å². The number of rotatable bonds is 7. The van der Waals surface area contributed by atoms with Crippen molar-refractivity contribution in [3.05, 3.63) is 47.0 Å². The number of hydrazine groups is 1. The van der Waals surface area contributed by atoms with Gasteiger partial charge in [0.25, 0.3) is 0 Å². The third-order valence-electron chi connectivity index (χ3n) is 3.89. The molecule has 114 valence electrons. The van der Waals surface area contributed by atoms with Crippen molar-refractivity contribution in [2.75, 3.05) is 0 Å². The second kappa shape index (κ2) is 7.33. The average molecular weight is 287 g/mol.